The first-order chi connectivity index (χ1) is 9.90. The second kappa shape index (κ2) is 6.79. The molecule has 2 aromatic rings. The molecule has 2 N–H and O–H groups in total. The molecule has 8 heteroatoms. The highest BCUT2D eigenvalue weighted by molar-refractivity contribution is 9.10. The second-order valence-corrected chi connectivity index (χ2v) is 6.00. The Kier molecular flexibility index (Phi) is 5.27. The minimum Gasteiger partial charge on any atom is -0.387 e. The van der Waals surface area contributed by atoms with Crippen molar-refractivity contribution in [1.82, 2.24) is 9.78 Å². The predicted molar refractivity (Wildman–Crippen MR) is 87.1 cm³/mol. The lowest BCUT2D eigenvalue weighted by Gasteiger charge is -2.15. The van der Waals surface area contributed by atoms with Crippen LogP contribution in [0, 0.1) is 0 Å². The van der Waals surface area contributed by atoms with Gasteiger partial charge in [-0.3, -0.25) is 4.79 Å². The molecule has 1 heterocycles. The number of nitrogens with zero attached hydrogens (tertiary/aromatic N) is 2. The number of nitrogens with one attached hydrogen (secondary N) is 1. The number of anilines is 1. The Labute approximate surface area is 139 Å². The molecule has 0 bridgehead atoms. The maximum atomic E-state index is 11.7. The van der Waals surface area contributed by atoms with Crippen LogP contribution in [0.25, 0.3) is 0 Å². The topological polar surface area (TPSA) is 67.2 Å². The smallest absolute Gasteiger partial charge is 0.282 e. The van der Waals surface area contributed by atoms with E-state index in [2.05, 4.69) is 26.3 Å². The first-order valence-corrected chi connectivity index (χ1v) is 7.53. The summed E-state index contributed by atoms with van der Waals surface area (Å²) in [6.45, 7) is 0.175. The monoisotopic (exact) mass is 391 g/mol. The van der Waals surface area contributed by atoms with Crippen LogP contribution in [-0.2, 0) is 7.05 Å². The molecular weight excluding hydrogens is 381 g/mol. The third kappa shape index (κ3) is 3.77. The summed E-state index contributed by atoms with van der Waals surface area (Å²) < 4.78 is 1.57. The van der Waals surface area contributed by atoms with Crippen LogP contribution in [0.3, 0.4) is 0 Å². The summed E-state index contributed by atoms with van der Waals surface area (Å²) in [5, 5.41) is 17.9. The van der Waals surface area contributed by atoms with Gasteiger partial charge in [-0.15, -0.1) is 0 Å². The Morgan fingerprint density at radius 2 is 2.19 bits per heavy atom. The van der Waals surface area contributed by atoms with Crippen LogP contribution in [0.5, 0.6) is 0 Å². The van der Waals surface area contributed by atoms with Gasteiger partial charge in [-0.05, 0) is 28.1 Å². The molecule has 0 aliphatic carbocycles. The molecule has 0 aliphatic heterocycles. The molecule has 1 atom stereocenters. The van der Waals surface area contributed by atoms with Crippen molar-refractivity contribution >= 4 is 44.8 Å². The predicted octanol–water partition coefficient (Wildman–Crippen LogP) is 3.00. The highest BCUT2D eigenvalue weighted by Gasteiger charge is 2.13. The maximum Gasteiger partial charge on any atom is 0.282 e. The normalized spacial score (nSPS) is 12.2. The van der Waals surface area contributed by atoms with Crippen molar-refractivity contribution in [2.24, 2.45) is 7.05 Å². The third-order valence-corrected chi connectivity index (χ3v) is 4.21. The average Bonchev–Trinajstić information content (AvgIpc) is 2.44. The summed E-state index contributed by atoms with van der Waals surface area (Å²) in [6, 6.07) is 4.88. The third-order valence-electron chi connectivity index (χ3n) is 2.89. The van der Waals surface area contributed by atoms with E-state index in [0.29, 0.717) is 25.8 Å². The van der Waals surface area contributed by atoms with Crippen LogP contribution in [-0.4, -0.2) is 21.4 Å². The van der Waals surface area contributed by atoms with Crippen LogP contribution in [0.1, 0.15) is 11.7 Å². The van der Waals surface area contributed by atoms with Gasteiger partial charge in [0.15, 0.2) is 0 Å². The molecule has 1 unspecified atom stereocenters. The van der Waals surface area contributed by atoms with E-state index in [-0.39, 0.29) is 12.1 Å². The Morgan fingerprint density at radius 1 is 1.48 bits per heavy atom. The number of hydrogen-bond acceptors (Lipinski definition) is 4. The molecule has 0 radical (unpaired) electrons. The van der Waals surface area contributed by atoms with Gasteiger partial charge in [0.25, 0.3) is 5.56 Å². The van der Waals surface area contributed by atoms with E-state index >= 15 is 0 Å². The zero-order valence-corrected chi connectivity index (χ0v) is 14.1. The molecule has 5 nitrogen and oxygen atoms in total. The van der Waals surface area contributed by atoms with E-state index < -0.39 is 6.10 Å². The summed E-state index contributed by atoms with van der Waals surface area (Å²) in [7, 11) is 1.55. The van der Waals surface area contributed by atoms with E-state index in [9.17, 15) is 9.90 Å². The van der Waals surface area contributed by atoms with Gasteiger partial charge >= 0.3 is 0 Å². The zero-order valence-electron chi connectivity index (χ0n) is 11.0. The lowest BCUT2D eigenvalue weighted by molar-refractivity contribution is 0.191. The Hall–Kier alpha value is -1.08. The number of aromatic nitrogens is 2. The molecule has 0 amide bonds. The van der Waals surface area contributed by atoms with Crippen LogP contribution >= 0.6 is 39.1 Å². The van der Waals surface area contributed by atoms with Crippen molar-refractivity contribution in [2.75, 3.05) is 11.9 Å². The van der Waals surface area contributed by atoms with Crippen molar-refractivity contribution < 1.29 is 5.11 Å². The summed E-state index contributed by atoms with van der Waals surface area (Å²) in [6.07, 6.45) is 0.660. The van der Waals surface area contributed by atoms with Gasteiger partial charge in [-0.2, -0.15) is 5.10 Å². The number of halogens is 3. The highest BCUT2D eigenvalue weighted by atomic mass is 79.9. The SMILES string of the molecule is Cn1ncc(NCC(O)c2ccc(Cl)cc2Cl)c(Br)c1=O. The largest absolute Gasteiger partial charge is 0.387 e. The van der Waals surface area contributed by atoms with Crippen LogP contribution < -0.4 is 10.9 Å². The molecule has 0 fully saturated rings. The summed E-state index contributed by atoms with van der Waals surface area (Å²) in [4.78, 5) is 11.7. The Bertz CT molecular complexity index is 721. The van der Waals surface area contributed by atoms with Gasteiger partial charge in [-0.25, -0.2) is 4.68 Å². The molecule has 2 rings (SSSR count). The fraction of sp³-hybridized carbons (Fsp3) is 0.231. The molecule has 112 valence electrons. The van der Waals surface area contributed by atoms with E-state index in [4.69, 9.17) is 23.2 Å². The number of rotatable bonds is 4. The second-order valence-electron chi connectivity index (χ2n) is 4.36. The van der Waals surface area contributed by atoms with Crippen LogP contribution in [0.15, 0.2) is 33.7 Å². The van der Waals surface area contributed by atoms with E-state index in [1.54, 1.807) is 25.2 Å². The summed E-state index contributed by atoms with van der Waals surface area (Å²) in [5.41, 5.74) is 0.794. The minimum absolute atomic E-state index is 0.175. The number of aliphatic hydroxyl groups excluding tert-OH is 1. The van der Waals surface area contributed by atoms with E-state index in [1.807, 2.05) is 0 Å². The highest BCUT2D eigenvalue weighted by Crippen LogP contribution is 2.27. The first kappa shape index (κ1) is 16.3. The summed E-state index contributed by atoms with van der Waals surface area (Å²) >= 11 is 15.1. The minimum atomic E-state index is -0.842. The lowest BCUT2D eigenvalue weighted by Crippen LogP contribution is -2.22. The molecule has 21 heavy (non-hydrogen) atoms. The van der Waals surface area contributed by atoms with Gasteiger partial charge in [0.05, 0.1) is 18.0 Å². The molecule has 0 spiro atoms. The summed E-state index contributed by atoms with van der Waals surface area (Å²) in [5.74, 6) is 0. The Morgan fingerprint density at radius 3 is 2.86 bits per heavy atom. The van der Waals surface area contributed by atoms with Crippen molar-refractivity contribution in [2.45, 2.75) is 6.10 Å². The molecule has 0 saturated carbocycles. The zero-order chi connectivity index (χ0) is 15.6. The number of benzene rings is 1. The quantitative estimate of drug-likeness (QED) is 0.839. The van der Waals surface area contributed by atoms with E-state index in [0.717, 1.165) is 0 Å². The molecule has 0 saturated heterocycles. The van der Waals surface area contributed by atoms with Crippen molar-refractivity contribution in [3.8, 4) is 0 Å². The van der Waals surface area contributed by atoms with Crippen LogP contribution in [0.4, 0.5) is 5.69 Å². The maximum absolute atomic E-state index is 11.7. The number of aliphatic hydroxyl groups is 1. The fourth-order valence-electron chi connectivity index (χ4n) is 1.72. The number of hydrogen-bond donors (Lipinski definition) is 2. The van der Waals surface area contributed by atoms with Crippen LogP contribution in [0.2, 0.25) is 10.0 Å². The molecule has 1 aromatic heterocycles. The lowest BCUT2D eigenvalue weighted by atomic mass is 10.1. The Balaban J connectivity index is 2.13. The van der Waals surface area contributed by atoms with Crippen molar-refractivity contribution in [3.05, 3.63) is 54.8 Å². The van der Waals surface area contributed by atoms with Gasteiger partial charge in [0, 0.05) is 29.2 Å². The molecular formula is C13H12BrCl2N3O2. The van der Waals surface area contributed by atoms with E-state index in [1.165, 1.54) is 10.9 Å². The molecule has 0 aliphatic rings. The van der Waals surface area contributed by atoms with Crippen molar-refractivity contribution in [1.29, 1.82) is 0 Å². The van der Waals surface area contributed by atoms with Crippen molar-refractivity contribution in [3.63, 3.8) is 0 Å². The molecule has 1 aromatic carbocycles. The number of aryl methyl sites for hydroxylation is 1. The van der Waals surface area contributed by atoms with Gasteiger partial charge in [0.1, 0.15) is 4.47 Å². The first-order valence-electron chi connectivity index (χ1n) is 5.99. The fourth-order valence-corrected chi connectivity index (χ4v) is 2.76. The standard InChI is InChI=1S/C13H12BrCl2N3O2/c1-19-13(21)12(14)10(5-18-19)17-6-11(20)8-3-2-7(15)4-9(8)16/h2-5,11,17,20H,6H2,1H3. The average molecular weight is 393 g/mol. The van der Waals surface area contributed by atoms with Gasteiger partial charge < -0.3 is 10.4 Å². The van der Waals surface area contributed by atoms with Gasteiger partial charge in [-0.1, -0.05) is 29.3 Å². The van der Waals surface area contributed by atoms with Gasteiger partial charge in [0.2, 0.25) is 0 Å².